The predicted octanol–water partition coefficient (Wildman–Crippen LogP) is 3.45. The third-order valence-corrected chi connectivity index (χ3v) is 3.69. The number of hydrogen-bond acceptors (Lipinski definition) is 1. The van der Waals surface area contributed by atoms with Crippen LogP contribution >= 0.6 is 0 Å². The van der Waals surface area contributed by atoms with Gasteiger partial charge in [-0.2, -0.15) is 0 Å². The Kier molecular flexibility index (Phi) is 4.44. The van der Waals surface area contributed by atoms with Crippen LogP contribution in [0.4, 0.5) is 0 Å². The van der Waals surface area contributed by atoms with Crippen LogP contribution in [0.2, 0.25) is 0 Å². The maximum absolute atomic E-state index is 3.39. The molecule has 0 aliphatic rings. The lowest BCUT2D eigenvalue weighted by atomic mass is 9.75. The molecule has 0 aliphatic heterocycles. The van der Waals surface area contributed by atoms with Crippen molar-refractivity contribution in [3.8, 4) is 0 Å². The van der Waals surface area contributed by atoms with Crippen molar-refractivity contribution in [3.05, 3.63) is 0 Å². The molecule has 0 bridgehead atoms. The third-order valence-electron chi connectivity index (χ3n) is 3.69. The minimum Gasteiger partial charge on any atom is -0.315 e. The van der Waals surface area contributed by atoms with Gasteiger partial charge < -0.3 is 5.32 Å². The highest BCUT2D eigenvalue weighted by Crippen LogP contribution is 2.33. The minimum atomic E-state index is 0.256. The van der Waals surface area contributed by atoms with Crippen LogP contribution in [0.5, 0.6) is 0 Å². The molecule has 0 aromatic heterocycles. The molecule has 80 valence electrons. The monoisotopic (exact) mass is 185 g/mol. The summed E-state index contributed by atoms with van der Waals surface area (Å²) in [4.78, 5) is 0. The van der Waals surface area contributed by atoms with E-state index in [-0.39, 0.29) is 5.54 Å². The molecule has 13 heavy (non-hydrogen) atoms. The Morgan fingerprint density at radius 1 is 1.15 bits per heavy atom. The van der Waals surface area contributed by atoms with Crippen molar-refractivity contribution in [2.45, 2.75) is 59.9 Å². The maximum Gasteiger partial charge on any atom is 0.0147 e. The first-order chi connectivity index (χ1) is 5.75. The molecule has 0 fully saturated rings. The van der Waals surface area contributed by atoms with Crippen LogP contribution < -0.4 is 5.32 Å². The fraction of sp³-hybridized carbons (Fsp3) is 1.00. The van der Waals surface area contributed by atoms with E-state index >= 15 is 0 Å². The van der Waals surface area contributed by atoms with E-state index in [0.29, 0.717) is 11.3 Å². The highest BCUT2D eigenvalue weighted by Gasteiger charge is 2.28. The van der Waals surface area contributed by atoms with E-state index in [0.717, 1.165) is 0 Å². The van der Waals surface area contributed by atoms with Gasteiger partial charge in [-0.15, -0.1) is 0 Å². The molecule has 0 aromatic carbocycles. The van der Waals surface area contributed by atoms with Gasteiger partial charge in [0.25, 0.3) is 0 Å². The lowest BCUT2D eigenvalue weighted by Crippen LogP contribution is -2.44. The van der Waals surface area contributed by atoms with Crippen LogP contribution in [0, 0.1) is 11.3 Å². The number of nitrogens with one attached hydrogen (secondary N) is 1. The van der Waals surface area contributed by atoms with E-state index in [2.05, 4.69) is 53.9 Å². The smallest absolute Gasteiger partial charge is 0.0147 e. The number of rotatable bonds is 5. The first-order valence-corrected chi connectivity index (χ1v) is 5.44. The molecule has 0 aromatic rings. The van der Waals surface area contributed by atoms with Crippen LogP contribution in [0.15, 0.2) is 0 Å². The molecule has 1 heteroatoms. The number of hydrogen-bond donors (Lipinski definition) is 1. The van der Waals surface area contributed by atoms with Crippen molar-refractivity contribution in [1.82, 2.24) is 5.32 Å². The average molecular weight is 185 g/mol. The average Bonchev–Trinajstić information content (AvgIpc) is 2.04. The standard InChI is InChI=1S/C12H27N/c1-8-11(3,4)9-10(2)12(5,6)13-7/h10,13H,8-9H2,1-7H3. The van der Waals surface area contributed by atoms with Crippen LogP contribution in [0.25, 0.3) is 0 Å². The van der Waals surface area contributed by atoms with Gasteiger partial charge in [-0.1, -0.05) is 34.1 Å². The normalized spacial score (nSPS) is 15.9. The Bertz CT molecular complexity index is 147. The van der Waals surface area contributed by atoms with Gasteiger partial charge in [-0.25, -0.2) is 0 Å². The summed E-state index contributed by atoms with van der Waals surface area (Å²) in [5.74, 6) is 0.715. The van der Waals surface area contributed by atoms with Crippen LogP contribution in [0.1, 0.15) is 54.4 Å². The summed E-state index contributed by atoms with van der Waals surface area (Å²) in [5, 5.41) is 3.39. The van der Waals surface area contributed by atoms with E-state index in [9.17, 15) is 0 Å². The Morgan fingerprint density at radius 3 is 1.92 bits per heavy atom. The zero-order valence-corrected chi connectivity index (χ0v) is 10.5. The van der Waals surface area contributed by atoms with E-state index in [1.54, 1.807) is 0 Å². The highest BCUT2D eigenvalue weighted by molar-refractivity contribution is 4.85. The van der Waals surface area contributed by atoms with Crippen molar-refractivity contribution in [2.24, 2.45) is 11.3 Å². The molecule has 0 aliphatic carbocycles. The molecule has 0 saturated carbocycles. The molecule has 0 radical (unpaired) electrons. The second kappa shape index (κ2) is 4.45. The molecule has 0 spiro atoms. The van der Waals surface area contributed by atoms with Crippen LogP contribution in [-0.2, 0) is 0 Å². The summed E-state index contributed by atoms with van der Waals surface area (Å²) in [6.07, 6.45) is 2.55. The minimum absolute atomic E-state index is 0.256. The maximum atomic E-state index is 3.39. The van der Waals surface area contributed by atoms with Crippen molar-refractivity contribution >= 4 is 0 Å². The van der Waals surface area contributed by atoms with Gasteiger partial charge in [0.15, 0.2) is 0 Å². The summed E-state index contributed by atoms with van der Waals surface area (Å²) in [6, 6.07) is 0. The van der Waals surface area contributed by atoms with Crippen molar-refractivity contribution in [1.29, 1.82) is 0 Å². The van der Waals surface area contributed by atoms with Crippen molar-refractivity contribution in [3.63, 3.8) is 0 Å². The molecule has 1 atom stereocenters. The van der Waals surface area contributed by atoms with Gasteiger partial charge in [0.1, 0.15) is 0 Å². The molecular formula is C12H27N. The first kappa shape index (κ1) is 13.0. The van der Waals surface area contributed by atoms with Crippen molar-refractivity contribution < 1.29 is 0 Å². The van der Waals surface area contributed by atoms with Gasteiger partial charge in [0.2, 0.25) is 0 Å². The second-order valence-corrected chi connectivity index (χ2v) is 5.59. The molecule has 0 rings (SSSR count). The van der Waals surface area contributed by atoms with Gasteiger partial charge in [0.05, 0.1) is 0 Å². The fourth-order valence-corrected chi connectivity index (χ4v) is 1.47. The zero-order chi connectivity index (χ0) is 10.7. The van der Waals surface area contributed by atoms with Gasteiger partial charge in [0, 0.05) is 5.54 Å². The molecule has 1 nitrogen and oxygen atoms in total. The molecule has 1 unspecified atom stereocenters. The van der Waals surface area contributed by atoms with Gasteiger partial charge in [-0.3, -0.25) is 0 Å². The third kappa shape index (κ3) is 4.12. The molecular weight excluding hydrogens is 158 g/mol. The molecule has 1 N–H and O–H groups in total. The fourth-order valence-electron chi connectivity index (χ4n) is 1.47. The lowest BCUT2D eigenvalue weighted by molar-refractivity contribution is 0.186. The lowest BCUT2D eigenvalue weighted by Gasteiger charge is -2.36. The Morgan fingerprint density at radius 2 is 1.62 bits per heavy atom. The SMILES string of the molecule is CCC(C)(C)CC(C)C(C)(C)NC. The topological polar surface area (TPSA) is 12.0 Å². The van der Waals surface area contributed by atoms with Crippen LogP contribution in [0.3, 0.4) is 0 Å². The largest absolute Gasteiger partial charge is 0.315 e. The van der Waals surface area contributed by atoms with E-state index in [1.807, 2.05) is 0 Å². The van der Waals surface area contributed by atoms with Crippen LogP contribution in [-0.4, -0.2) is 12.6 Å². The first-order valence-electron chi connectivity index (χ1n) is 5.44. The molecule has 0 heterocycles. The summed E-state index contributed by atoms with van der Waals surface area (Å²) < 4.78 is 0. The summed E-state index contributed by atoms with van der Waals surface area (Å²) in [6.45, 7) is 13.9. The second-order valence-electron chi connectivity index (χ2n) is 5.59. The van der Waals surface area contributed by atoms with Crippen molar-refractivity contribution in [2.75, 3.05) is 7.05 Å². The Balaban J connectivity index is 4.22. The van der Waals surface area contributed by atoms with E-state index in [1.165, 1.54) is 12.8 Å². The molecule has 0 saturated heterocycles. The summed E-state index contributed by atoms with van der Waals surface area (Å²) in [5.41, 5.74) is 0.736. The summed E-state index contributed by atoms with van der Waals surface area (Å²) >= 11 is 0. The zero-order valence-electron chi connectivity index (χ0n) is 10.5. The highest BCUT2D eigenvalue weighted by atomic mass is 14.9. The van der Waals surface area contributed by atoms with E-state index in [4.69, 9.17) is 0 Å². The summed E-state index contributed by atoms with van der Waals surface area (Å²) in [7, 11) is 2.05. The Labute approximate surface area is 84.3 Å². The predicted molar refractivity (Wildman–Crippen MR) is 61.0 cm³/mol. The Hall–Kier alpha value is -0.0400. The van der Waals surface area contributed by atoms with E-state index < -0.39 is 0 Å². The molecule has 0 amide bonds. The van der Waals surface area contributed by atoms with Gasteiger partial charge in [-0.05, 0) is 38.6 Å². The quantitative estimate of drug-likeness (QED) is 0.692. The van der Waals surface area contributed by atoms with Gasteiger partial charge >= 0.3 is 0 Å².